The van der Waals surface area contributed by atoms with Gasteiger partial charge in [-0.1, -0.05) is 6.07 Å². The normalized spacial score (nSPS) is 11.8. The maximum absolute atomic E-state index is 12.0. The molecule has 0 fully saturated rings. The molecule has 1 atom stereocenters. The number of amides is 1. The minimum atomic E-state index is -1.16. The highest BCUT2D eigenvalue weighted by Crippen LogP contribution is 2.01. The second-order valence-electron chi connectivity index (χ2n) is 4.32. The summed E-state index contributed by atoms with van der Waals surface area (Å²) in [5, 5.41) is 15.6. The summed E-state index contributed by atoms with van der Waals surface area (Å²) in [5.41, 5.74) is -0.0744. The molecule has 0 aliphatic carbocycles. The Hall–Kier alpha value is -2.70. The molecule has 0 saturated carbocycles. The minimum Gasteiger partial charge on any atom is -0.477 e. The summed E-state index contributed by atoms with van der Waals surface area (Å²) in [6, 6.07) is 5.95. The third-order valence-corrected chi connectivity index (χ3v) is 2.60. The molecule has 7 nitrogen and oxygen atoms in total. The molecule has 0 aliphatic heterocycles. The Balaban J connectivity index is 2.00. The third kappa shape index (κ3) is 3.41. The Kier molecular flexibility index (Phi) is 4.09. The van der Waals surface area contributed by atoms with Crippen LogP contribution < -0.4 is 5.32 Å². The number of carbonyl (C=O) groups excluding carboxylic acids is 1. The number of aromatic carboxylic acids is 1. The van der Waals surface area contributed by atoms with Gasteiger partial charge in [-0.2, -0.15) is 5.10 Å². The van der Waals surface area contributed by atoms with Gasteiger partial charge in [0, 0.05) is 18.4 Å². The maximum Gasteiger partial charge on any atom is 0.354 e. The molecule has 0 aromatic carbocycles. The molecule has 0 saturated heterocycles. The van der Waals surface area contributed by atoms with E-state index in [9.17, 15) is 9.59 Å². The van der Waals surface area contributed by atoms with Crippen LogP contribution in [-0.4, -0.2) is 37.8 Å². The van der Waals surface area contributed by atoms with Gasteiger partial charge in [0.2, 0.25) is 0 Å². The first-order valence-corrected chi connectivity index (χ1v) is 6.05. The van der Waals surface area contributed by atoms with Crippen molar-refractivity contribution in [1.29, 1.82) is 0 Å². The van der Waals surface area contributed by atoms with Crippen molar-refractivity contribution in [3.63, 3.8) is 0 Å². The van der Waals surface area contributed by atoms with Gasteiger partial charge in [-0.05, 0) is 25.1 Å². The van der Waals surface area contributed by atoms with E-state index < -0.39 is 11.9 Å². The molecule has 0 spiro atoms. The van der Waals surface area contributed by atoms with Crippen LogP contribution in [0.3, 0.4) is 0 Å². The highest BCUT2D eigenvalue weighted by Gasteiger charge is 2.13. The van der Waals surface area contributed by atoms with Crippen LogP contribution in [0, 0.1) is 0 Å². The molecule has 1 amide bonds. The SMILES string of the molecule is CC(Cn1cccn1)NC(=O)c1cccc(C(=O)O)n1. The van der Waals surface area contributed by atoms with Crippen molar-refractivity contribution < 1.29 is 14.7 Å². The lowest BCUT2D eigenvalue weighted by Crippen LogP contribution is -2.36. The number of carboxylic acids is 1. The second-order valence-corrected chi connectivity index (χ2v) is 4.32. The van der Waals surface area contributed by atoms with Crippen molar-refractivity contribution in [1.82, 2.24) is 20.1 Å². The lowest BCUT2D eigenvalue weighted by molar-refractivity contribution is 0.0690. The molecule has 0 radical (unpaired) electrons. The number of carbonyl (C=O) groups is 2. The van der Waals surface area contributed by atoms with Crippen molar-refractivity contribution in [3.05, 3.63) is 48.0 Å². The zero-order valence-corrected chi connectivity index (χ0v) is 10.9. The predicted octanol–water partition coefficient (Wildman–Crippen LogP) is 0.795. The number of pyridine rings is 1. The summed E-state index contributed by atoms with van der Waals surface area (Å²) in [6.45, 7) is 2.36. The molecular formula is C13H14N4O3. The summed E-state index contributed by atoms with van der Waals surface area (Å²) in [7, 11) is 0. The first-order chi connectivity index (χ1) is 9.56. The Morgan fingerprint density at radius 2 is 2.10 bits per heavy atom. The van der Waals surface area contributed by atoms with Crippen molar-refractivity contribution >= 4 is 11.9 Å². The third-order valence-electron chi connectivity index (χ3n) is 2.60. The van der Waals surface area contributed by atoms with E-state index in [1.54, 1.807) is 23.1 Å². The van der Waals surface area contributed by atoms with E-state index >= 15 is 0 Å². The number of nitrogens with one attached hydrogen (secondary N) is 1. The van der Waals surface area contributed by atoms with E-state index in [0.717, 1.165) is 0 Å². The van der Waals surface area contributed by atoms with Crippen LogP contribution in [0.4, 0.5) is 0 Å². The van der Waals surface area contributed by atoms with Crippen molar-refractivity contribution in [3.8, 4) is 0 Å². The summed E-state index contributed by atoms with van der Waals surface area (Å²) in [5.74, 6) is -1.57. The maximum atomic E-state index is 12.0. The standard InChI is InChI=1S/C13H14N4O3/c1-9(8-17-7-3-6-14-17)15-12(18)10-4-2-5-11(16-10)13(19)20/h2-7,9H,8H2,1H3,(H,15,18)(H,19,20). The van der Waals surface area contributed by atoms with E-state index in [1.807, 2.05) is 6.92 Å². The van der Waals surface area contributed by atoms with E-state index in [1.165, 1.54) is 18.2 Å². The molecule has 1 unspecified atom stereocenters. The van der Waals surface area contributed by atoms with Crippen LogP contribution in [0.25, 0.3) is 0 Å². The van der Waals surface area contributed by atoms with Crippen molar-refractivity contribution in [2.24, 2.45) is 0 Å². The molecule has 2 rings (SSSR count). The zero-order chi connectivity index (χ0) is 14.5. The van der Waals surface area contributed by atoms with Crippen LogP contribution in [0.5, 0.6) is 0 Å². The fraction of sp³-hybridized carbons (Fsp3) is 0.231. The van der Waals surface area contributed by atoms with Gasteiger partial charge in [-0.3, -0.25) is 9.48 Å². The Morgan fingerprint density at radius 3 is 2.75 bits per heavy atom. The number of carboxylic acid groups (broad SMARTS) is 1. The molecule has 2 N–H and O–H groups in total. The molecule has 0 aliphatic rings. The molecule has 2 aromatic rings. The first kappa shape index (κ1) is 13.7. The molecule has 20 heavy (non-hydrogen) atoms. The van der Waals surface area contributed by atoms with Crippen molar-refractivity contribution in [2.45, 2.75) is 19.5 Å². The second kappa shape index (κ2) is 5.96. The van der Waals surface area contributed by atoms with E-state index in [0.29, 0.717) is 6.54 Å². The van der Waals surface area contributed by atoms with E-state index in [2.05, 4.69) is 15.4 Å². The van der Waals surface area contributed by atoms with Gasteiger partial charge in [-0.25, -0.2) is 9.78 Å². The van der Waals surface area contributed by atoms with E-state index in [-0.39, 0.29) is 17.4 Å². The summed E-state index contributed by atoms with van der Waals surface area (Å²) in [4.78, 5) is 26.6. The average Bonchev–Trinajstić information content (AvgIpc) is 2.91. The number of rotatable bonds is 5. The quantitative estimate of drug-likeness (QED) is 0.840. The molecule has 104 valence electrons. The summed E-state index contributed by atoms with van der Waals surface area (Å²) in [6.07, 6.45) is 3.46. The Bertz CT molecular complexity index is 610. The first-order valence-electron chi connectivity index (χ1n) is 6.05. The summed E-state index contributed by atoms with van der Waals surface area (Å²) >= 11 is 0. The van der Waals surface area contributed by atoms with Gasteiger partial charge in [0.1, 0.15) is 11.4 Å². The summed E-state index contributed by atoms with van der Waals surface area (Å²) < 4.78 is 1.70. The molecule has 7 heteroatoms. The van der Waals surface area contributed by atoms with Gasteiger partial charge >= 0.3 is 5.97 Å². The Labute approximate surface area is 115 Å². The van der Waals surface area contributed by atoms with Crippen LogP contribution in [0.2, 0.25) is 0 Å². The largest absolute Gasteiger partial charge is 0.477 e. The monoisotopic (exact) mass is 274 g/mol. The minimum absolute atomic E-state index is 0.0808. The lowest BCUT2D eigenvalue weighted by Gasteiger charge is -2.13. The van der Waals surface area contributed by atoms with Gasteiger partial charge in [-0.15, -0.1) is 0 Å². The smallest absolute Gasteiger partial charge is 0.354 e. The highest BCUT2D eigenvalue weighted by molar-refractivity contribution is 5.94. The topological polar surface area (TPSA) is 97.1 Å². The number of hydrogen-bond acceptors (Lipinski definition) is 4. The van der Waals surface area contributed by atoms with Crippen LogP contribution in [0.15, 0.2) is 36.7 Å². The molecule has 2 aromatic heterocycles. The van der Waals surface area contributed by atoms with Crippen LogP contribution >= 0.6 is 0 Å². The highest BCUT2D eigenvalue weighted by atomic mass is 16.4. The molecule has 0 bridgehead atoms. The number of hydrogen-bond donors (Lipinski definition) is 2. The van der Waals surface area contributed by atoms with Crippen molar-refractivity contribution in [2.75, 3.05) is 0 Å². The number of aromatic nitrogens is 3. The zero-order valence-electron chi connectivity index (χ0n) is 10.9. The fourth-order valence-electron chi connectivity index (χ4n) is 1.71. The fourth-order valence-corrected chi connectivity index (χ4v) is 1.71. The van der Waals surface area contributed by atoms with Crippen LogP contribution in [0.1, 0.15) is 27.9 Å². The Morgan fingerprint density at radius 1 is 1.35 bits per heavy atom. The predicted molar refractivity (Wildman–Crippen MR) is 70.4 cm³/mol. The molecular weight excluding hydrogens is 260 g/mol. The van der Waals surface area contributed by atoms with Crippen LogP contribution in [-0.2, 0) is 6.54 Å². The average molecular weight is 274 g/mol. The lowest BCUT2D eigenvalue weighted by atomic mass is 10.2. The number of nitrogens with zero attached hydrogens (tertiary/aromatic N) is 3. The van der Waals surface area contributed by atoms with Gasteiger partial charge in [0.05, 0.1) is 6.54 Å². The van der Waals surface area contributed by atoms with Gasteiger partial charge in [0.15, 0.2) is 0 Å². The van der Waals surface area contributed by atoms with E-state index in [4.69, 9.17) is 5.11 Å². The van der Waals surface area contributed by atoms with Gasteiger partial charge in [0.25, 0.3) is 5.91 Å². The molecule has 2 heterocycles. The van der Waals surface area contributed by atoms with Gasteiger partial charge < -0.3 is 10.4 Å².